The minimum atomic E-state index is -0.179. The Morgan fingerprint density at radius 3 is 2.84 bits per heavy atom. The van der Waals surface area contributed by atoms with Gasteiger partial charge in [-0.25, -0.2) is 4.79 Å². The van der Waals surface area contributed by atoms with Gasteiger partial charge < -0.3 is 19.6 Å². The van der Waals surface area contributed by atoms with E-state index in [1.807, 2.05) is 30.3 Å². The molecule has 25 heavy (non-hydrogen) atoms. The van der Waals surface area contributed by atoms with Gasteiger partial charge in [-0.1, -0.05) is 23.4 Å². The molecule has 1 saturated heterocycles. The minimum absolute atomic E-state index is 0.00972. The number of carbonyl (C=O) groups is 2. The predicted molar refractivity (Wildman–Crippen MR) is 91.9 cm³/mol. The van der Waals surface area contributed by atoms with Crippen molar-refractivity contribution in [1.82, 2.24) is 20.3 Å². The van der Waals surface area contributed by atoms with Crippen LogP contribution in [0, 0.1) is 0 Å². The lowest BCUT2D eigenvalue weighted by atomic mass is 10.0. The number of aromatic nitrogens is 1. The van der Waals surface area contributed by atoms with Crippen LogP contribution in [-0.4, -0.2) is 53.1 Å². The molecular weight excluding hydrogens is 320 g/mol. The molecule has 2 heterocycles. The molecule has 3 amide bonds. The van der Waals surface area contributed by atoms with E-state index in [2.05, 4.69) is 10.5 Å². The van der Waals surface area contributed by atoms with Gasteiger partial charge in [0.1, 0.15) is 12.0 Å². The first-order valence-corrected chi connectivity index (χ1v) is 8.38. The molecule has 0 bridgehead atoms. The van der Waals surface area contributed by atoms with E-state index in [-0.39, 0.29) is 18.0 Å². The second-order valence-corrected chi connectivity index (χ2v) is 6.25. The molecule has 7 heteroatoms. The summed E-state index contributed by atoms with van der Waals surface area (Å²) < 4.78 is 4.78. The van der Waals surface area contributed by atoms with Crippen LogP contribution in [0.25, 0.3) is 0 Å². The molecule has 2 aromatic rings. The van der Waals surface area contributed by atoms with Crippen LogP contribution in [-0.2, 0) is 6.54 Å². The molecule has 7 nitrogen and oxygen atoms in total. The maximum atomic E-state index is 12.6. The lowest BCUT2D eigenvalue weighted by molar-refractivity contribution is 0.0695. The summed E-state index contributed by atoms with van der Waals surface area (Å²) in [5.41, 5.74) is 1.37. The number of hydrogen-bond donors (Lipinski definition) is 1. The van der Waals surface area contributed by atoms with Crippen LogP contribution >= 0.6 is 0 Å². The lowest BCUT2D eigenvalue weighted by Crippen LogP contribution is -2.52. The first-order chi connectivity index (χ1) is 12.1. The molecule has 1 aliphatic heterocycles. The summed E-state index contributed by atoms with van der Waals surface area (Å²) in [5.74, 6) is 0.00972. The number of rotatable bonds is 4. The van der Waals surface area contributed by atoms with E-state index in [1.165, 1.54) is 6.26 Å². The number of urea groups is 1. The van der Waals surface area contributed by atoms with Crippen molar-refractivity contribution in [3.05, 3.63) is 53.9 Å². The Labute approximate surface area is 146 Å². The highest BCUT2D eigenvalue weighted by Crippen LogP contribution is 2.14. The van der Waals surface area contributed by atoms with Gasteiger partial charge >= 0.3 is 6.03 Å². The quantitative estimate of drug-likeness (QED) is 0.923. The summed E-state index contributed by atoms with van der Waals surface area (Å²) >= 11 is 0. The first kappa shape index (κ1) is 17.0. The highest BCUT2D eigenvalue weighted by atomic mass is 16.5. The molecule has 1 N–H and O–H groups in total. The number of piperidine rings is 1. The largest absolute Gasteiger partial charge is 0.364 e. The predicted octanol–water partition coefficient (Wildman–Crippen LogP) is 2.12. The molecular formula is C18H22N4O3. The number of benzene rings is 1. The van der Waals surface area contributed by atoms with Crippen LogP contribution in [0.3, 0.4) is 0 Å². The van der Waals surface area contributed by atoms with Gasteiger partial charge in [0.15, 0.2) is 0 Å². The maximum Gasteiger partial charge on any atom is 0.317 e. The molecule has 0 aliphatic carbocycles. The zero-order chi connectivity index (χ0) is 17.6. The number of likely N-dealkylation sites (tertiary alicyclic amines) is 1. The zero-order valence-electron chi connectivity index (χ0n) is 14.2. The van der Waals surface area contributed by atoms with Gasteiger partial charge in [0.2, 0.25) is 0 Å². The van der Waals surface area contributed by atoms with Gasteiger partial charge in [0.25, 0.3) is 5.91 Å². The van der Waals surface area contributed by atoms with Crippen LogP contribution < -0.4 is 5.32 Å². The Hall–Kier alpha value is -2.83. The van der Waals surface area contributed by atoms with Crippen LogP contribution in [0.15, 0.2) is 47.2 Å². The fourth-order valence-electron chi connectivity index (χ4n) is 2.96. The van der Waals surface area contributed by atoms with Crippen molar-refractivity contribution in [2.45, 2.75) is 25.4 Å². The van der Waals surface area contributed by atoms with Crippen molar-refractivity contribution >= 4 is 11.9 Å². The van der Waals surface area contributed by atoms with Gasteiger partial charge in [0, 0.05) is 37.8 Å². The average Bonchev–Trinajstić information content (AvgIpc) is 3.15. The Kier molecular flexibility index (Phi) is 5.33. The Morgan fingerprint density at radius 1 is 1.32 bits per heavy atom. The molecule has 132 valence electrons. The summed E-state index contributed by atoms with van der Waals surface area (Å²) in [6.45, 7) is 1.62. The number of nitrogens with one attached hydrogen (secondary N) is 1. The molecule has 1 aliphatic rings. The monoisotopic (exact) mass is 342 g/mol. The number of carbonyl (C=O) groups excluding carboxylic acids is 2. The molecule has 0 spiro atoms. The fourth-order valence-corrected chi connectivity index (χ4v) is 2.96. The summed E-state index contributed by atoms with van der Waals surface area (Å²) in [4.78, 5) is 28.3. The van der Waals surface area contributed by atoms with E-state index in [0.717, 1.165) is 19.4 Å². The number of amides is 3. The average molecular weight is 342 g/mol. The van der Waals surface area contributed by atoms with Crippen molar-refractivity contribution in [3.63, 3.8) is 0 Å². The SMILES string of the molecule is CN(Cc1ccon1)C(=O)N[C@H]1CCCN(C(=O)c2ccccc2)C1. The first-order valence-electron chi connectivity index (χ1n) is 8.38. The Balaban J connectivity index is 1.54. The molecule has 1 fully saturated rings. The van der Waals surface area contributed by atoms with E-state index in [4.69, 9.17) is 4.52 Å². The summed E-state index contributed by atoms with van der Waals surface area (Å²) in [6.07, 6.45) is 3.22. The van der Waals surface area contributed by atoms with Crippen LogP contribution in [0.2, 0.25) is 0 Å². The minimum Gasteiger partial charge on any atom is -0.364 e. The summed E-state index contributed by atoms with van der Waals surface area (Å²) in [5, 5.41) is 6.81. The highest BCUT2D eigenvalue weighted by molar-refractivity contribution is 5.94. The van der Waals surface area contributed by atoms with Gasteiger partial charge in [-0.2, -0.15) is 0 Å². The Morgan fingerprint density at radius 2 is 2.12 bits per heavy atom. The normalized spacial score (nSPS) is 17.2. The third-order valence-electron chi connectivity index (χ3n) is 4.29. The number of nitrogens with zero attached hydrogens (tertiary/aromatic N) is 3. The molecule has 0 saturated carbocycles. The van der Waals surface area contributed by atoms with Gasteiger partial charge in [-0.3, -0.25) is 4.79 Å². The Bertz CT molecular complexity index is 702. The summed E-state index contributed by atoms with van der Waals surface area (Å²) in [7, 11) is 1.71. The molecule has 1 atom stereocenters. The molecule has 3 rings (SSSR count). The molecule has 1 aromatic heterocycles. The fraction of sp³-hybridized carbons (Fsp3) is 0.389. The van der Waals surface area contributed by atoms with Crippen molar-refractivity contribution in [2.75, 3.05) is 20.1 Å². The standard InChI is InChI=1S/C18H22N4O3/c1-21(12-16-9-11-25-20-16)18(24)19-15-8-5-10-22(13-15)17(23)14-6-3-2-4-7-14/h2-4,6-7,9,11,15H,5,8,10,12-13H2,1H3,(H,19,24)/t15-/m0/s1. The molecule has 1 aromatic carbocycles. The third-order valence-corrected chi connectivity index (χ3v) is 4.29. The van der Waals surface area contributed by atoms with E-state index in [0.29, 0.717) is 24.3 Å². The van der Waals surface area contributed by atoms with E-state index < -0.39 is 0 Å². The van der Waals surface area contributed by atoms with Crippen LogP contribution in [0.5, 0.6) is 0 Å². The third kappa shape index (κ3) is 4.37. The lowest BCUT2D eigenvalue weighted by Gasteiger charge is -2.34. The summed E-state index contributed by atoms with van der Waals surface area (Å²) in [6, 6.07) is 10.7. The van der Waals surface area contributed by atoms with Gasteiger partial charge in [-0.15, -0.1) is 0 Å². The smallest absolute Gasteiger partial charge is 0.317 e. The van der Waals surface area contributed by atoms with Gasteiger partial charge in [-0.05, 0) is 25.0 Å². The van der Waals surface area contributed by atoms with Crippen LogP contribution in [0.1, 0.15) is 28.9 Å². The van der Waals surface area contributed by atoms with Crippen molar-refractivity contribution in [3.8, 4) is 0 Å². The van der Waals surface area contributed by atoms with Crippen molar-refractivity contribution in [2.24, 2.45) is 0 Å². The topological polar surface area (TPSA) is 78.7 Å². The van der Waals surface area contributed by atoms with E-state index in [1.54, 1.807) is 22.9 Å². The van der Waals surface area contributed by atoms with E-state index >= 15 is 0 Å². The van der Waals surface area contributed by atoms with E-state index in [9.17, 15) is 9.59 Å². The number of hydrogen-bond acceptors (Lipinski definition) is 4. The molecule has 0 radical (unpaired) electrons. The molecule has 0 unspecified atom stereocenters. The van der Waals surface area contributed by atoms with Crippen LogP contribution in [0.4, 0.5) is 4.79 Å². The van der Waals surface area contributed by atoms with Crippen molar-refractivity contribution < 1.29 is 14.1 Å². The maximum absolute atomic E-state index is 12.6. The van der Waals surface area contributed by atoms with Crippen molar-refractivity contribution in [1.29, 1.82) is 0 Å². The van der Waals surface area contributed by atoms with Gasteiger partial charge in [0.05, 0.1) is 6.54 Å². The second kappa shape index (κ2) is 7.83. The second-order valence-electron chi connectivity index (χ2n) is 6.25. The zero-order valence-corrected chi connectivity index (χ0v) is 14.2. The highest BCUT2D eigenvalue weighted by Gasteiger charge is 2.26.